The van der Waals surface area contributed by atoms with E-state index in [0.717, 1.165) is 0 Å². The molecule has 0 radical (unpaired) electrons. The van der Waals surface area contributed by atoms with E-state index in [-0.39, 0.29) is 11.4 Å². The number of halogens is 1. The highest BCUT2D eigenvalue weighted by molar-refractivity contribution is 5.57. The molecule has 4 heteroatoms. The van der Waals surface area contributed by atoms with Crippen molar-refractivity contribution in [3.05, 3.63) is 52.6 Å². The van der Waals surface area contributed by atoms with Crippen LogP contribution in [-0.2, 0) is 0 Å². The SMILES string of the molecule is O=c1ccc(-c2cccc(F)c2)n[nH]1. The summed E-state index contributed by atoms with van der Waals surface area (Å²) < 4.78 is 12.8. The first-order chi connectivity index (χ1) is 6.75. The molecule has 0 saturated carbocycles. The van der Waals surface area contributed by atoms with Crippen molar-refractivity contribution < 1.29 is 4.39 Å². The van der Waals surface area contributed by atoms with Gasteiger partial charge < -0.3 is 0 Å². The molecule has 0 aliphatic carbocycles. The Bertz CT molecular complexity index is 487. The predicted octanol–water partition coefficient (Wildman–Crippen LogP) is 1.58. The van der Waals surface area contributed by atoms with E-state index in [1.165, 1.54) is 18.2 Å². The van der Waals surface area contributed by atoms with E-state index in [9.17, 15) is 9.18 Å². The van der Waals surface area contributed by atoms with Crippen molar-refractivity contribution in [1.82, 2.24) is 10.2 Å². The van der Waals surface area contributed by atoms with Gasteiger partial charge in [0.1, 0.15) is 5.82 Å². The van der Waals surface area contributed by atoms with Crippen LogP contribution in [-0.4, -0.2) is 10.2 Å². The molecule has 0 spiro atoms. The van der Waals surface area contributed by atoms with E-state index < -0.39 is 0 Å². The Hall–Kier alpha value is -1.97. The highest BCUT2D eigenvalue weighted by atomic mass is 19.1. The summed E-state index contributed by atoms with van der Waals surface area (Å²) in [6, 6.07) is 8.94. The number of rotatable bonds is 1. The van der Waals surface area contributed by atoms with Crippen LogP contribution < -0.4 is 5.56 Å². The largest absolute Gasteiger partial charge is 0.268 e. The van der Waals surface area contributed by atoms with Crippen molar-refractivity contribution in [2.24, 2.45) is 0 Å². The molecule has 0 unspecified atom stereocenters. The van der Waals surface area contributed by atoms with Crippen molar-refractivity contribution in [1.29, 1.82) is 0 Å². The van der Waals surface area contributed by atoms with Gasteiger partial charge in [0, 0.05) is 11.6 Å². The zero-order chi connectivity index (χ0) is 9.97. The van der Waals surface area contributed by atoms with Gasteiger partial charge in [0.2, 0.25) is 0 Å². The Morgan fingerprint density at radius 3 is 2.71 bits per heavy atom. The van der Waals surface area contributed by atoms with Crippen LogP contribution in [0.3, 0.4) is 0 Å². The number of nitrogens with one attached hydrogen (secondary N) is 1. The summed E-state index contributed by atoms with van der Waals surface area (Å²) >= 11 is 0. The maximum absolute atomic E-state index is 12.8. The van der Waals surface area contributed by atoms with Crippen LogP contribution in [0.2, 0.25) is 0 Å². The fourth-order valence-electron chi connectivity index (χ4n) is 1.15. The quantitative estimate of drug-likeness (QED) is 0.741. The van der Waals surface area contributed by atoms with E-state index in [0.29, 0.717) is 11.3 Å². The van der Waals surface area contributed by atoms with Gasteiger partial charge in [-0.05, 0) is 18.2 Å². The normalized spacial score (nSPS) is 10.1. The fraction of sp³-hybridized carbons (Fsp3) is 0. The Kier molecular flexibility index (Phi) is 2.10. The van der Waals surface area contributed by atoms with Gasteiger partial charge in [-0.1, -0.05) is 12.1 Å². The van der Waals surface area contributed by atoms with E-state index in [1.54, 1.807) is 18.2 Å². The zero-order valence-electron chi connectivity index (χ0n) is 7.20. The minimum absolute atomic E-state index is 0.273. The lowest BCUT2D eigenvalue weighted by atomic mass is 10.1. The van der Waals surface area contributed by atoms with Crippen LogP contribution in [0.25, 0.3) is 11.3 Å². The van der Waals surface area contributed by atoms with Crippen LogP contribution in [0.5, 0.6) is 0 Å². The third-order valence-corrected chi connectivity index (χ3v) is 1.80. The predicted molar refractivity (Wildman–Crippen MR) is 50.3 cm³/mol. The number of nitrogens with zero attached hydrogens (tertiary/aromatic N) is 1. The second kappa shape index (κ2) is 3.41. The molecule has 0 fully saturated rings. The molecule has 2 rings (SSSR count). The Balaban J connectivity index is 2.49. The average Bonchev–Trinajstić information content (AvgIpc) is 2.19. The molecular weight excluding hydrogens is 183 g/mol. The lowest BCUT2D eigenvalue weighted by Crippen LogP contribution is -2.05. The molecule has 70 valence electrons. The van der Waals surface area contributed by atoms with Gasteiger partial charge in [-0.15, -0.1) is 0 Å². The first-order valence-corrected chi connectivity index (χ1v) is 4.07. The molecule has 0 atom stereocenters. The van der Waals surface area contributed by atoms with E-state index in [1.807, 2.05) is 0 Å². The first-order valence-electron chi connectivity index (χ1n) is 4.07. The molecule has 3 nitrogen and oxygen atoms in total. The molecule has 2 aromatic rings. The maximum Gasteiger partial charge on any atom is 0.264 e. The van der Waals surface area contributed by atoms with Crippen molar-refractivity contribution in [3.8, 4) is 11.3 Å². The minimum Gasteiger partial charge on any atom is -0.268 e. The van der Waals surface area contributed by atoms with Crippen molar-refractivity contribution in [3.63, 3.8) is 0 Å². The Morgan fingerprint density at radius 2 is 2.07 bits per heavy atom. The van der Waals surface area contributed by atoms with Crippen LogP contribution >= 0.6 is 0 Å². The van der Waals surface area contributed by atoms with Crippen molar-refractivity contribution >= 4 is 0 Å². The summed E-state index contributed by atoms with van der Waals surface area (Å²) in [4.78, 5) is 10.7. The van der Waals surface area contributed by atoms with E-state index in [4.69, 9.17) is 0 Å². The molecule has 0 amide bonds. The average molecular weight is 190 g/mol. The summed E-state index contributed by atoms with van der Waals surface area (Å²) in [6.45, 7) is 0. The van der Waals surface area contributed by atoms with Gasteiger partial charge in [-0.25, -0.2) is 9.49 Å². The summed E-state index contributed by atoms with van der Waals surface area (Å²) in [5, 5.41) is 6.08. The fourth-order valence-corrected chi connectivity index (χ4v) is 1.15. The molecule has 1 heterocycles. The molecule has 0 aliphatic rings. The number of aromatic nitrogens is 2. The Labute approximate surface area is 79.2 Å². The maximum atomic E-state index is 12.8. The first kappa shape index (κ1) is 8.62. The number of aromatic amines is 1. The topological polar surface area (TPSA) is 45.8 Å². The standard InChI is InChI=1S/C10H7FN2O/c11-8-3-1-2-7(6-8)9-4-5-10(14)13-12-9/h1-6H,(H,13,14). The highest BCUT2D eigenvalue weighted by Crippen LogP contribution is 2.15. The number of benzene rings is 1. The van der Waals surface area contributed by atoms with Crippen LogP contribution in [0.4, 0.5) is 4.39 Å². The van der Waals surface area contributed by atoms with Crippen LogP contribution in [0, 0.1) is 5.82 Å². The number of H-pyrrole nitrogens is 1. The lowest BCUT2D eigenvalue weighted by Gasteiger charge is -1.98. The summed E-state index contributed by atoms with van der Waals surface area (Å²) in [5.74, 6) is -0.324. The third kappa shape index (κ3) is 1.69. The molecule has 1 N–H and O–H groups in total. The van der Waals surface area contributed by atoms with Gasteiger partial charge in [-0.2, -0.15) is 5.10 Å². The number of hydrogen-bond donors (Lipinski definition) is 1. The third-order valence-electron chi connectivity index (χ3n) is 1.80. The molecular formula is C10H7FN2O. The van der Waals surface area contributed by atoms with Gasteiger partial charge in [0.05, 0.1) is 5.69 Å². The molecule has 0 aliphatic heterocycles. The van der Waals surface area contributed by atoms with Crippen molar-refractivity contribution in [2.45, 2.75) is 0 Å². The second-order valence-corrected chi connectivity index (χ2v) is 2.82. The van der Waals surface area contributed by atoms with Gasteiger partial charge >= 0.3 is 0 Å². The van der Waals surface area contributed by atoms with Gasteiger partial charge in [0.15, 0.2) is 0 Å². The van der Waals surface area contributed by atoms with E-state index >= 15 is 0 Å². The molecule has 0 bridgehead atoms. The zero-order valence-corrected chi connectivity index (χ0v) is 7.20. The van der Waals surface area contributed by atoms with Crippen LogP contribution in [0.1, 0.15) is 0 Å². The number of hydrogen-bond acceptors (Lipinski definition) is 2. The summed E-state index contributed by atoms with van der Waals surface area (Å²) in [6.07, 6.45) is 0. The molecule has 1 aromatic carbocycles. The van der Waals surface area contributed by atoms with Crippen LogP contribution in [0.15, 0.2) is 41.2 Å². The molecule has 1 aromatic heterocycles. The molecule has 0 saturated heterocycles. The Morgan fingerprint density at radius 1 is 1.21 bits per heavy atom. The van der Waals surface area contributed by atoms with E-state index in [2.05, 4.69) is 10.2 Å². The monoisotopic (exact) mass is 190 g/mol. The lowest BCUT2D eigenvalue weighted by molar-refractivity contribution is 0.628. The minimum atomic E-state index is -0.324. The second-order valence-electron chi connectivity index (χ2n) is 2.82. The molecule has 14 heavy (non-hydrogen) atoms. The van der Waals surface area contributed by atoms with Gasteiger partial charge in [0.25, 0.3) is 5.56 Å². The summed E-state index contributed by atoms with van der Waals surface area (Å²) in [7, 11) is 0. The smallest absolute Gasteiger partial charge is 0.264 e. The van der Waals surface area contributed by atoms with Crippen molar-refractivity contribution in [2.75, 3.05) is 0 Å². The summed E-state index contributed by atoms with van der Waals surface area (Å²) in [5.41, 5.74) is 0.913. The van der Waals surface area contributed by atoms with Gasteiger partial charge in [-0.3, -0.25) is 4.79 Å². The highest BCUT2D eigenvalue weighted by Gasteiger charge is 1.99.